The number of anilines is 1. The molecule has 0 radical (unpaired) electrons. The van der Waals surface area contributed by atoms with Gasteiger partial charge in [0.1, 0.15) is 0 Å². The number of benzene rings is 1. The summed E-state index contributed by atoms with van der Waals surface area (Å²) < 4.78 is 5.35. The summed E-state index contributed by atoms with van der Waals surface area (Å²) in [6.45, 7) is 3.31. The summed E-state index contributed by atoms with van der Waals surface area (Å²) in [4.78, 5) is 12.4. The standard InChI is InChI=1S/C16H22N2O2/c19-16(18-11-12-6-9-20-10-7-12)14-5-8-17-15-4-2-1-3-13(14)15/h1-4,12,14,17H,5-11H2,(H,18,19). The normalized spacial score (nSPS) is 22.7. The molecular weight excluding hydrogens is 252 g/mol. The second-order valence-electron chi connectivity index (χ2n) is 5.66. The molecule has 1 aromatic carbocycles. The fraction of sp³-hybridized carbons (Fsp3) is 0.562. The second kappa shape index (κ2) is 6.27. The van der Waals surface area contributed by atoms with Crippen molar-refractivity contribution in [1.82, 2.24) is 5.32 Å². The predicted octanol–water partition coefficient (Wildman–Crippen LogP) is 2.13. The summed E-state index contributed by atoms with van der Waals surface area (Å²) in [7, 11) is 0. The highest BCUT2D eigenvalue weighted by Gasteiger charge is 2.26. The zero-order valence-electron chi connectivity index (χ0n) is 11.7. The van der Waals surface area contributed by atoms with Gasteiger partial charge in [0.05, 0.1) is 5.92 Å². The number of rotatable bonds is 3. The number of para-hydroxylation sites is 1. The van der Waals surface area contributed by atoms with Crippen molar-refractivity contribution in [3.63, 3.8) is 0 Å². The van der Waals surface area contributed by atoms with Crippen molar-refractivity contribution >= 4 is 11.6 Å². The Balaban J connectivity index is 1.60. The van der Waals surface area contributed by atoms with Gasteiger partial charge >= 0.3 is 0 Å². The quantitative estimate of drug-likeness (QED) is 0.887. The van der Waals surface area contributed by atoms with Gasteiger partial charge in [-0.15, -0.1) is 0 Å². The average Bonchev–Trinajstić information content (AvgIpc) is 2.53. The zero-order valence-corrected chi connectivity index (χ0v) is 11.7. The molecule has 4 nitrogen and oxygen atoms in total. The fourth-order valence-electron chi connectivity index (χ4n) is 3.06. The maximum atomic E-state index is 12.4. The van der Waals surface area contributed by atoms with Crippen molar-refractivity contribution in [1.29, 1.82) is 0 Å². The van der Waals surface area contributed by atoms with E-state index in [1.165, 1.54) is 0 Å². The van der Waals surface area contributed by atoms with Gasteiger partial charge in [0.25, 0.3) is 0 Å². The number of amides is 1. The van der Waals surface area contributed by atoms with Crippen LogP contribution in [0.15, 0.2) is 24.3 Å². The Morgan fingerprint density at radius 3 is 2.90 bits per heavy atom. The van der Waals surface area contributed by atoms with Crippen LogP contribution in [0.2, 0.25) is 0 Å². The number of fused-ring (bicyclic) bond motifs is 1. The predicted molar refractivity (Wildman–Crippen MR) is 78.8 cm³/mol. The van der Waals surface area contributed by atoms with Crippen LogP contribution in [0.5, 0.6) is 0 Å². The van der Waals surface area contributed by atoms with Gasteiger partial charge in [-0.05, 0) is 36.8 Å². The molecule has 20 heavy (non-hydrogen) atoms. The minimum atomic E-state index is -0.00714. The van der Waals surface area contributed by atoms with Crippen LogP contribution in [0, 0.1) is 5.92 Å². The van der Waals surface area contributed by atoms with Gasteiger partial charge in [-0.2, -0.15) is 0 Å². The Morgan fingerprint density at radius 2 is 2.05 bits per heavy atom. The highest BCUT2D eigenvalue weighted by molar-refractivity contribution is 5.86. The van der Waals surface area contributed by atoms with E-state index in [4.69, 9.17) is 4.74 Å². The van der Waals surface area contributed by atoms with E-state index in [0.717, 1.165) is 56.8 Å². The molecule has 3 rings (SSSR count). The third kappa shape index (κ3) is 2.96. The van der Waals surface area contributed by atoms with Crippen LogP contribution < -0.4 is 10.6 Å². The first kappa shape index (κ1) is 13.4. The van der Waals surface area contributed by atoms with E-state index < -0.39 is 0 Å². The maximum Gasteiger partial charge on any atom is 0.227 e. The summed E-state index contributed by atoms with van der Waals surface area (Å²) in [5.41, 5.74) is 2.23. The van der Waals surface area contributed by atoms with Crippen LogP contribution in [0.1, 0.15) is 30.7 Å². The molecule has 1 atom stereocenters. The van der Waals surface area contributed by atoms with E-state index in [-0.39, 0.29) is 11.8 Å². The number of carbonyl (C=O) groups excluding carboxylic acids is 1. The number of hydrogen-bond donors (Lipinski definition) is 2. The summed E-state index contributed by atoms with van der Waals surface area (Å²) in [5, 5.41) is 6.50. The molecular formula is C16H22N2O2. The first-order chi connectivity index (χ1) is 9.84. The average molecular weight is 274 g/mol. The monoisotopic (exact) mass is 274 g/mol. The van der Waals surface area contributed by atoms with Gasteiger partial charge in [-0.3, -0.25) is 4.79 Å². The minimum absolute atomic E-state index is 0.00714. The molecule has 2 aliphatic heterocycles. The molecule has 4 heteroatoms. The summed E-state index contributed by atoms with van der Waals surface area (Å²) in [5.74, 6) is 0.738. The first-order valence-corrected chi connectivity index (χ1v) is 7.53. The van der Waals surface area contributed by atoms with E-state index in [1.807, 2.05) is 18.2 Å². The molecule has 0 aromatic heterocycles. The van der Waals surface area contributed by atoms with Crippen LogP contribution in [0.4, 0.5) is 5.69 Å². The van der Waals surface area contributed by atoms with E-state index >= 15 is 0 Å². The van der Waals surface area contributed by atoms with Crippen molar-refractivity contribution < 1.29 is 9.53 Å². The molecule has 2 aliphatic rings. The lowest BCUT2D eigenvalue weighted by Gasteiger charge is -2.27. The fourth-order valence-corrected chi connectivity index (χ4v) is 3.06. The highest BCUT2D eigenvalue weighted by Crippen LogP contribution is 2.31. The molecule has 0 bridgehead atoms. The van der Waals surface area contributed by atoms with Crippen LogP contribution >= 0.6 is 0 Å². The molecule has 0 saturated carbocycles. The Bertz CT molecular complexity index is 469. The highest BCUT2D eigenvalue weighted by atomic mass is 16.5. The van der Waals surface area contributed by atoms with Crippen molar-refractivity contribution in [3.05, 3.63) is 29.8 Å². The van der Waals surface area contributed by atoms with Gasteiger partial charge in [0.15, 0.2) is 0 Å². The lowest BCUT2D eigenvalue weighted by atomic mass is 9.90. The van der Waals surface area contributed by atoms with E-state index in [0.29, 0.717) is 5.92 Å². The number of carbonyl (C=O) groups is 1. The van der Waals surface area contributed by atoms with Crippen LogP contribution in [0.25, 0.3) is 0 Å². The van der Waals surface area contributed by atoms with Gasteiger partial charge in [-0.25, -0.2) is 0 Å². The molecule has 0 aliphatic carbocycles. The van der Waals surface area contributed by atoms with E-state index in [9.17, 15) is 4.79 Å². The van der Waals surface area contributed by atoms with Gasteiger partial charge < -0.3 is 15.4 Å². The number of nitrogens with one attached hydrogen (secondary N) is 2. The molecule has 1 saturated heterocycles. The summed E-state index contributed by atoms with van der Waals surface area (Å²) in [6.07, 6.45) is 2.99. The smallest absolute Gasteiger partial charge is 0.227 e. The molecule has 108 valence electrons. The van der Waals surface area contributed by atoms with Crippen molar-refractivity contribution in [3.8, 4) is 0 Å². The molecule has 1 unspecified atom stereocenters. The minimum Gasteiger partial charge on any atom is -0.385 e. The van der Waals surface area contributed by atoms with Crippen LogP contribution in [0.3, 0.4) is 0 Å². The molecule has 2 heterocycles. The van der Waals surface area contributed by atoms with Crippen molar-refractivity contribution in [2.45, 2.75) is 25.2 Å². The van der Waals surface area contributed by atoms with Crippen molar-refractivity contribution in [2.75, 3.05) is 31.6 Å². The largest absolute Gasteiger partial charge is 0.385 e. The molecule has 2 N–H and O–H groups in total. The van der Waals surface area contributed by atoms with Gasteiger partial charge in [0.2, 0.25) is 5.91 Å². The van der Waals surface area contributed by atoms with E-state index in [2.05, 4.69) is 16.7 Å². The Hall–Kier alpha value is -1.55. The van der Waals surface area contributed by atoms with Gasteiger partial charge in [0, 0.05) is 32.0 Å². The molecule has 1 amide bonds. The Morgan fingerprint density at radius 1 is 1.25 bits per heavy atom. The summed E-state index contributed by atoms with van der Waals surface area (Å²) >= 11 is 0. The van der Waals surface area contributed by atoms with Gasteiger partial charge in [-0.1, -0.05) is 18.2 Å². The third-order valence-electron chi connectivity index (χ3n) is 4.31. The maximum absolute atomic E-state index is 12.4. The third-order valence-corrected chi connectivity index (χ3v) is 4.31. The lowest BCUT2D eigenvalue weighted by Crippen LogP contribution is -2.37. The number of hydrogen-bond acceptors (Lipinski definition) is 3. The van der Waals surface area contributed by atoms with Crippen LogP contribution in [-0.2, 0) is 9.53 Å². The topological polar surface area (TPSA) is 50.4 Å². The van der Waals surface area contributed by atoms with Crippen LogP contribution in [-0.4, -0.2) is 32.2 Å². The Kier molecular flexibility index (Phi) is 4.21. The second-order valence-corrected chi connectivity index (χ2v) is 5.66. The lowest BCUT2D eigenvalue weighted by molar-refractivity contribution is -0.123. The SMILES string of the molecule is O=C(NCC1CCOCC1)C1CCNc2ccccc21. The molecule has 1 fully saturated rings. The summed E-state index contributed by atoms with van der Waals surface area (Å²) in [6, 6.07) is 8.12. The molecule has 0 spiro atoms. The number of ether oxygens (including phenoxy) is 1. The van der Waals surface area contributed by atoms with Crippen molar-refractivity contribution in [2.24, 2.45) is 5.92 Å². The van der Waals surface area contributed by atoms with E-state index in [1.54, 1.807) is 0 Å². The molecule has 1 aromatic rings. The first-order valence-electron chi connectivity index (χ1n) is 7.53. The Labute approximate surface area is 119 Å². The zero-order chi connectivity index (χ0) is 13.8.